The first-order valence-electron chi connectivity index (χ1n) is 14.2. The van der Waals surface area contributed by atoms with Crippen molar-refractivity contribution in [2.75, 3.05) is 0 Å². The van der Waals surface area contributed by atoms with Crippen molar-refractivity contribution < 1.29 is 0 Å². The van der Waals surface area contributed by atoms with Gasteiger partial charge in [-0.05, 0) is 89.6 Å². The summed E-state index contributed by atoms with van der Waals surface area (Å²) in [4.78, 5) is 3.67. The predicted octanol–water partition coefficient (Wildman–Crippen LogP) is 11.3. The van der Waals surface area contributed by atoms with Gasteiger partial charge in [0.05, 0.1) is 0 Å². The van der Waals surface area contributed by atoms with Crippen LogP contribution in [0.2, 0.25) is 0 Å². The maximum absolute atomic E-state index is 3.67. The van der Waals surface area contributed by atoms with Crippen LogP contribution in [0.4, 0.5) is 0 Å². The van der Waals surface area contributed by atoms with Crippen molar-refractivity contribution in [1.82, 2.24) is 4.98 Å². The highest BCUT2D eigenvalue weighted by atomic mass is 14.7. The highest BCUT2D eigenvalue weighted by Crippen LogP contribution is 2.46. The molecule has 1 N–H and O–H groups in total. The van der Waals surface area contributed by atoms with E-state index in [2.05, 4.69) is 151 Å². The van der Waals surface area contributed by atoms with Crippen LogP contribution in [-0.4, -0.2) is 4.98 Å². The molecule has 9 aromatic rings. The van der Waals surface area contributed by atoms with Crippen LogP contribution in [0, 0.1) is 0 Å². The predicted molar refractivity (Wildman–Crippen MR) is 177 cm³/mol. The third-order valence-corrected chi connectivity index (χ3v) is 8.74. The maximum atomic E-state index is 3.67. The van der Waals surface area contributed by atoms with Gasteiger partial charge in [0.1, 0.15) is 0 Å². The number of benzene rings is 8. The fraction of sp³-hybridized carbons (Fsp3) is 0. The number of hydrogen-bond donors (Lipinski definition) is 1. The minimum atomic E-state index is 1.17. The zero-order chi connectivity index (χ0) is 26.9. The van der Waals surface area contributed by atoms with Crippen LogP contribution in [0.25, 0.3) is 87.1 Å². The lowest BCUT2D eigenvalue weighted by atomic mass is 9.84. The van der Waals surface area contributed by atoms with Gasteiger partial charge in [-0.15, -0.1) is 0 Å². The SMILES string of the molecule is c1ccc2cc3c(cc2c1)[nH]c1ccc(-c2c4ccccc4c(-c4cccc5ccccc45)c4ccccc24)cc13. The number of rotatable bonds is 2. The number of H-pyrrole nitrogens is 1. The van der Waals surface area contributed by atoms with Crippen molar-refractivity contribution in [3.05, 3.63) is 146 Å². The number of aromatic amines is 1. The van der Waals surface area contributed by atoms with E-state index in [0.717, 1.165) is 0 Å². The summed E-state index contributed by atoms with van der Waals surface area (Å²) in [5.74, 6) is 0. The molecule has 41 heavy (non-hydrogen) atoms. The lowest BCUT2D eigenvalue weighted by Gasteiger charge is -2.19. The Morgan fingerprint density at radius 3 is 1.56 bits per heavy atom. The van der Waals surface area contributed by atoms with Gasteiger partial charge in [-0.25, -0.2) is 0 Å². The van der Waals surface area contributed by atoms with Crippen LogP contribution >= 0.6 is 0 Å². The summed E-state index contributed by atoms with van der Waals surface area (Å²) in [5, 5.41) is 12.7. The number of fused-ring (bicyclic) bond motifs is 7. The summed E-state index contributed by atoms with van der Waals surface area (Å²) in [6.45, 7) is 0. The second-order valence-corrected chi connectivity index (χ2v) is 11.0. The van der Waals surface area contributed by atoms with E-state index in [4.69, 9.17) is 0 Å². The Morgan fingerprint density at radius 2 is 0.854 bits per heavy atom. The van der Waals surface area contributed by atoms with Crippen molar-refractivity contribution in [3.8, 4) is 22.3 Å². The normalized spacial score (nSPS) is 11.9. The van der Waals surface area contributed by atoms with Crippen LogP contribution in [-0.2, 0) is 0 Å². The molecular weight excluding hydrogens is 494 g/mol. The number of hydrogen-bond acceptors (Lipinski definition) is 0. The van der Waals surface area contributed by atoms with Gasteiger partial charge < -0.3 is 4.98 Å². The molecule has 0 atom stereocenters. The molecule has 0 spiro atoms. The average molecular weight is 520 g/mol. The number of aromatic nitrogens is 1. The number of nitrogens with one attached hydrogen (secondary N) is 1. The van der Waals surface area contributed by atoms with E-state index in [9.17, 15) is 0 Å². The van der Waals surface area contributed by atoms with Crippen LogP contribution in [0.3, 0.4) is 0 Å². The molecule has 1 nitrogen and oxygen atoms in total. The van der Waals surface area contributed by atoms with E-state index in [1.54, 1.807) is 0 Å². The largest absolute Gasteiger partial charge is 0.354 e. The lowest BCUT2D eigenvalue weighted by Crippen LogP contribution is -1.91. The summed E-state index contributed by atoms with van der Waals surface area (Å²) in [6, 6.07) is 53.3. The van der Waals surface area contributed by atoms with Crippen molar-refractivity contribution in [2.45, 2.75) is 0 Å². The Kier molecular flexibility index (Phi) is 4.67. The molecule has 0 amide bonds. The summed E-state index contributed by atoms with van der Waals surface area (Å²) in [6.07, 6.45) is 0. The van der Waals surface area contributed by atoms with Crippen molar-refractivity contribution in [3.63, 3.8) is 0 Å². The molecule has 1 heteroatoms. The molecule has 0 bridgehead atoms. The quantitative estimate of drug-likeness (QED) is 0.219. The zero-order valence-corrected chi connectivity index (χ0v) is 22.4. The van der Waals surface area contributed by atoms with Crippen molar-refractivity contribution in [2.24, 2.45) is 0 Å². The molecule has 0 saturated heterocycles. The Morgan fingerprint density at radius 1 is 0.317 bits per heavy atom. The molecule has 0 aliphatic rings. The van der Waals surface area contributed by atoms with Gasteiger partial charge in [0.2, 0.25) is 0 Å². The van der Waals surface area contributed by atoms with E-state index in [1.165, 1.54) is 87.1 Å². The molecule has 190 valence electrons. The first-order valence-corrected chi connectivity index (χ1v) is 14.2. The molecule has 0 aliphatic carbocycles. The van der Waals surface area contributed by atoms with Crippen LogP contribution in [0.15, 0.2) is 146 Å². The Bertz CT molecular complexity index is 2410. The van der Waals surface area contributed by atoms with E-state index < -0.39 is 0 Å². The molecule has 0 radical (unpaired) electrons. The topological polar surface area (TPSA) is 15.8 Å². The zero-order valence-electron chi connectivity index (χ0n) is 22.4. The second-order valence-electron chi connectivity index (χ2n) is 11.0. The molecule has 8 aromatic carbocycles. The highest BCUT2D eigenvalue weighted by molar-refractivity contribution is 6.24. The van der Waals surface area contributed by atoms with Gasteiger partial charge in [-0.3, -0.25) is 0 Å². The van der Waals surface area contributed by atoms with Gasteiger partial charge in [-0.1, -0.05) is 121 Å². The van der Waals surface area contributed by atoms with E-state index in [-0.39, 0.29) is 0 Å². The molecular formula is C40H25N. The third-order valence-electron chi connectivity index (χ3n) is 8.74. The van der Waals surface area contributed by atoms with Gasteiger partial charge in [-0.2, -0.15) is 0 Å². The van der Waals surface area contributed by atoms with E-state index in [0.29, 0.717) is 0 Å². The molecule has 1 aromatic heterocycles. The van der Waals surface area contributed by atoms with Crippen LogP contribution < -0.4 is 0 Å². The lowest BCUT2D eigenvalue weighted by molar-refractivity contribution is 1.55. The summed E-state index contributed by atoms with van der Waals surface area (Å²) < 4.78 is 0. The van der Waals surface area contributed by atoms with Crippen LogP contribution in [0.1, 0.15) is 0 Å². The minimum Gasteiger partial charge on any atom is -0.354 e. The standard InChI is InChI=1S/C40H25N/c1-2-12-27-24-38-36(22-26(27)11-1)35-23-28(20-21-37(35)41-38)39-31-15-5-7-17-33(31)40(34-18-8-6-16-32(34)39)30-19-9-13-25-10-3-4-14-29(25)30/h1-24,41H. The molecule has 1 heterocycles. The van der Waals surface area contributed by atoms with Gasteiger partial charge in [0.25, 0.3) is 0 Å². The average Bonchev–Trinajstić information content (AvgIpc) is 3.39. The molecule has 0 saturated carbocycles. The van der Waals surface area contributed by atoms with Crippen LogP contribution in [0.5, 0.6) is 0 Å². The molecule has 0 fully saturated rings. The van der Waals surface area contributed by atoms with E-state index in [1.807, 2.05) is 0 Å². The summed E-state index contributed by atoms with van der Waals surface area (Å²) in [7, 11) is 0. The van der Waals surface area contributed by atoms with Gasteiger partial charge in [0.15, 0.2) is 0 Å². The Labute approximate surface area is 237 Å². The van der Waals surface area contributed by atoms with E-state index >= 15 is 0 Å². The molecule has 0 unspecified atom stereocenters. The van der Waals surface area contributed by atoms with Crippen molar-refractivity contribution >= 4 is 64.9 Å². The smallest absolute Gasteiger partial charge is 0.0471 e. The Hall–Kier alpha value is -5.40. The second kappa shape index (κ2) is 8.55. The van der Waals surface area contributed by atoms with Gasteiger partial charge >= 0.3 is 0 Å². The summed E-state index contributed by atoms with van der Waals surface area (Å²) in [5.41, 5.74) is 7.45. The molecule has 9 rings (SSSR count). The Balaban J connectivity index is 1.39. The third kappa shape index (κ3) is 3.30. The summed E-state index contributed by atoms with van der Waals surface area (Å²) >= 11 is 0. The highest BCUT2D eigenvalue weighted by Gasteiger charge is 2.18. The maximum Gasteiger partial charge on any atom is 0.0471 e. The first kappa shape index (κ1) is 22.4. The molecule has 0 aliphatic heterocycles. The van der Waals surface area contributed by atoms with Gasteiger partial charge in [0, 0.05) is 21.8 Å². The minimum absolute atomic E-state index is 1.17. The van der Waals surface area contributed by atoms with Crippen molar-refractivity contribution in [1.29, 1.82) is 0 Å². The fourth-order valence-electron chi connectivity index (χ4n) is 6.92. The first-order chi connectivity index (χ1) is 20.3. The monoisotopic (exact) mass is 519 g/mol. The fourth-order valence-corrected chi connectivity index (χ4v) is 6.92.